The lowest BCUT2D eigenvalue weighted by Gasteiger charge is -2.20. The molecule has 2 amide bonds. The predicted molar refractivity (Wildman–Crippen MR) is 107 cm³/mol. The van der Waals surface area contributed by atoms with E-state index in [2.05, 4.69) is 26.3 Å². The molecule has 0 aromatic heterocycles. The van der Waals surface area contributed by atoms with Crippen molar-refractivity contribution in [2.24, 2.45) is 4.99 Å². The number of rotatable bonds is 7. The topological polar surface area (TPSA) is 104 Å². The smallest absolute Gasteiger partial charge is 0.407 e. The summed E-state index contributed by atoms with van der Waals surface area (Å²) in [4.78, 5) is 27.6. The minimum absolute atomic E-state index is 0.0879. The van der Waals surface area contributed by atoms with Gasteiger partial charge in [0, 0.05) is 38.8 Å². The van der Waals surface area contributed by atoms with Gasteiger partial charge >= 0.3 is 6.09 Å². The molecule has 1 rings (SSSR count). The van der Waals surface area contributed by atoms with E-state index < -0.39 is 11.7 Å². The Labute approximate surface area is 161 Å². The van der Waals surface area contributed by atoms with Gasteiger partial charge in [0.05, 0.1) is 0 Å². The van der Waals surface area contributed by atoms with Gasteiger partial charge in [0.15, 0.2) is 5.96 Å². The van der Waals surface area contributed by atoms with E-state index in [9.17, 15) is 9.59 Å². The van der Waals surface area contributed by atoms with Gasteiger partial charge in [-0.15, -0.1) is 0 Å². The van der Waals surface area contributed by atoms with Crippen LogP contribution in [0.1, 0.15) is 43.6 Å². The molecule has 0 bridgehead atoms. The second-order valence-electron chi connectivity index (χ2n) is 6.84. The molecule has 27 heavy (non-hydrogen) atoms. The van der Waals surface area contributed by atoms with Crippen molar-refractivity contribution in [2.45, 2.75) is 39.8 Å². The summed E-state index contributed by atoms with van der Waals surface area (Å²) >= 11 is 0. The summed E-state index contributed by atoms with van der Waals surface area (Å²) in [6.07, 6.45) is -0.450. The fraction of sp³-hybridized carbons (Fsp3) is 0.526. The molecule has 4 N–H and O–H groups in total. The van der Waals surface area contributed by atoms with Crippen LogP contribution in [0, 0.1) is 0 Å². The number of ether oxygens (including phenoxy) is 1. The highest BCUT2D eigenvalue weighted by atomic mass is 16.6. The Balaban J connectivity index is 2.39. The zero-order chi connectivity index (χ0) is 20.3. The van der Waals surface area contributed by atoms with E-state index in [0.29, 0.717) is 37.7 Å². The second-order valence-corrected chi connectivity index (χ2v) is 6.84. The van der Waals surface area contributed by atoms with Crippen LogP contribution in [0.25, 0.3) is 0 Å². The van der Waals surface area contributed by atoms with E-state index in [4.69, 9.17) is 4.74 Å². The molecule has 0 radical (unpaired) electrons. The van der Waals surface area contributed by atoms with Gasteiger partial charge in [0.1, 0.15) is 5.60 Å². The largest absolute Gasteiger partial charge is 0.444 e. The fourth-order valence-electron chi connectivity index (χ4n) is 2.15. The summed E-state index contributed by atoms with van der Waals surface area (Å²) in [6, 6.07) is 7.41. The van der Waals surface area contributed by atoms with Crippen LogP contribution in [0.15, 0.2) is 29.3 Å². The van der Waals surface area contributed by atoms with Gasteiger partial charge in [0.25, 0.3) is 5.91 Å². The third-order valence-corrected chi connectivity index (χ3v) is 3.30. The van der Waals surface area contributed by atoms with E-state index in [0.717, 1.165) is 5.56 Å². The number of guanidine groups is 1. The number of amides is 2. The molecule has 0 heterocycles. The van der Waals surface area contributed by atoms with E-state index in [1.807, 2.05) is 45.9 Å². The molecule has 150 valence electrons. The highest BCUT2D eigenvalue weighted by molar-refractivity contribution is 5.94. The lowest BCUT2D eigenvalue weighted by atomic mass is 10.1. The molecule has 8 heteroatoms. The molecule has 8 nitrogen and oxygen atoms in total. The number of hydrogen-bond acceptors (Lipinski definition) is 4. The molecule has 0 aliphatic carbocycles. The molecule has 1 aromatic rings. The molecular weight excluding hydrogens is 346 g/mol. The van der Waals surface area contributed by atoms with Crippen molar-refractivity contribution in [1.29, 1.82) is 0 Å². The summed E-state index contributed by atoms with van der Waals surface area (Å²) in [5.74, 6) is 0.513. The first-order valence-electron chi connectivity index (χ1n) is 9.03. The third-order valence-electron chi connectivity index (χ3n) is 3.30. The average molecular weight is 377 g/mol. The number of nitrogens with zero attached hydrogens (tertiary/aromatic N) is 1. The van der Waals surface area contributed by atoms with Crippen molar-refractivity contribution < 1.29 is 14.3 Å². The predicted octanol–water partition coefficient (Wildman–Crippen LogP) is 1.63. The lowest BCUT2D eigenvalue weighted by molar-refractivity contribution is 0.0528. The maximum atomic E-state index is 11.9. The van der Waals surface area contributed by atoms with Gasteiger partial charge in [0.2, 0.25) is 0 Å². The maximum Gasteiger partial charge on any atom is 0.407 e. The van der Waals surface area contributed by atoms with Gasteiger partial charge in [-0.3, -0.25) is 9.79 Å². The van der Waals surface area contributed by atoms with Crippen molar-refractivity contribution in [2.75, 3.05) is 26.7 Å². The monoisotopic (exact) mass is 377 g/mol. The maximum absolute atomic E-state index is 11.9. The average Bonchev–Trinajstić information content (AvgIpc) is 2.60. The summed E-state index contributed by atoms with van der Waals surface area (Å²) in [5, 5.41) is 11.7. The van der Waals surface area contributed by atoms with Crippen molar-refractivity contribution in [3.63, 3.8) is 0 Å². The van der Waals surface area contributed by atoms with Gasteiger partial charge in [-0.05, 0) is 45.4 Å². The third kappa shape index (κ3) is 9.48. The number of nitrogens with one attached hydrogen (secondary N) is 4. The number of aliphatic imine (C=N–C) groups is 1. The lowest BCUT2D eigenvalue weighted by Crippen LogP contribution is -2.42. The van der Waals surface area contributed by atoms with E-state index in [-0.39, 0.29) is 5.91 Å². The van der Waals surface area contributed by atoms with E-state index >= 15 is 0 Å². The number of carbonyl (C=O) groups excluding carboxylic acids is 2. The molecule has 0 saturated heterocycles. The van der Waals surface area contributed by atoms with Gasteiger partial charge in [-0.25, -0.2) is 4.79 Å². The van der Waals surface area contributed by atoms with Crippen LogP contribution >= 0.6 is 0 Å². The number of alkyl carbamates (subject to hydrolysis) is 1. The molecule has 0 aliphatic rings. The minimum Gasteiger partial charge on any atom is -0.444 e. The molecule has 0 aliphatic heterocycles. The molecule has 0 saturated carbocycles. The van der Waals surface area contributed by atoms with Crippen LogP contribution in [0.3, 0.4) is 0 Å². The second kappa shape index (κ2) is 11.1. The molecule has 0 atom stereocenters. The van der Waals surface area contributed by atoms with Crippen molar-refractivity contribution in [1.82, 2.24) is 21.3 Å². The first kappa shape index (κ1) is 22.3. The van der Waals surface area contributed by atoms with Crippen LogP contribution < -0.4 is 21.3 Å². The van der Waals surface area contributed by atoms with E-state index in [1.165, 1.54) is 0 Å². The molecule has 0 spiro atoms. The zero-order valence-corrected chi connectivity index (χ0v) is 16.8. The van der Waals surface area contributed by atoms with Crippen LogP contribution in [-0.2, 0) is 11.3 Å². The Bertz CT molecular complexity index is 653. The molecule has 0 unspecified atom stereocenters. The standard InChI is InChI=1S/C19H31N5O3/c1-6-21-16(25)15-9-7-8-14(12-15)13-24-17(20-5)22-10-11-23-18(26)27-19(2,3)4/h7-9,12H,6,10-11,13H2,1-5H3,(H,21,25)(H,23,26)(H2,20,22,24). The quantitative estimate of drug-likeness (QED) is 0.328. The summed E-state index contributed by atoms with van der Waals surface area (Å²) in [7, 11) is 1.67. The first-order valence-corrected chi connectivity index (χ1v) is 9.03. The van der Waals surface area contributed by atoms with Crippen molar-refractivity contribution in [3.05, 3.63) is 35.4 Å². The zero-order valence-electron chi connectivity index (χ0n) is 16.8. The number of carbonyl (C=O) groups is 2. The summed E-state index contributed by atoms with van der Waals surface area (Å²) < 4.78 is 5.17. The fourth-order valence-corrected chi connectivity index (χ4v) is 2.15. The molecular formula is C19H31N5O3. The number of benzene rings is 1. The Morgan fingerprint density at radius 1 is 1.07 bits per heavy atom. The highest BCUT2D eigenvalue weighted by Crippen LogP contribution is 2.06. The SMILES string of the molecule is CCNC(=O)c1cccc(CNC(=NC)NCCNC(=O)OC(C)(C)C)c1. The number of hydrogen-bond donors (Lipinski definition) is 4. The van der Waals surface area contributed by atoms with E-state index in [1.54, 1.807) is 13.1 Å². The Hall–Kier alpha value is -2.77. The Morgan fingerprint density at radius 3 is 2.41 bits per heavy atom. The van der Waals surface area contributed by atoms with Crippen LogP contribution in [0.2, 0.25) is 0 Å². The van der Waals surface area contributed by atoms with Crippen LogP contribution in [0.4, 0.5) is 4.79 Å². The summed E-state index contributed by atoms with van der Waals surface area (Å²) in [6.45, 7) is 9.35. The summed E-state index contributed by atoms with van der Waals surface area (Å²) in [5.41, 5.74) is 1.08. The van der Waals surface area contributed by atoms with Crippen LogP contribution in [-0.4, -0.2) is 50.2 Å². The molecule has 1 aromatic carbocycles. The van der Waals surface area contributed by atoms with Crippen molar-refractivity contribution >= 4 is 18.0 Å². The van der Waals surface area contributed by atoms with Gasteiger partial charge in [-0.2, -0.15) is 0 Å². The minimum atomic E-state index is -0.516. The Kier molecular flexibility index (Phi) is 9.12. The highest BCUT2D eigenvalue weighted by Gasteiger charge is 2.15. The van der Waals surface area contributed by atoms with Crippen LogP contribution in [0.5, 0.6) is 0 Å². The Morgan fingerprint density at radius 2 is 1.78 bits per heavy atom. The van der Waals surface area contributed by atoms with Gasteiger partial charge in [-0.1, -0.05) is 12.1 Å². The molecule has 0 fully saturated rings. The normalized spacial score (nSPS) is 11.5. The first-order chi connectivity index (χ1) is 12.7. The van der Waals surface area contributed by atoms with Crippen molar-refractivity contribution in [3.8, 4) is 0 Å². The van der Waals surface area contributed by atoms with Gasteiger partial charge < -0.3 is 26.0 Å².